The number of anilines is 1. The fraction of sp³-hybridized carbons (Fsp3) is 0.222. The molecule has 2 heterocycles. The van der Waals surface area contributed by atoms with Crippen LogP contribution in [-0.4, -0.2) is 34.4 Å². The number of methoxy groups -OCH3 is 1. The third kappa shape index (κ3) is 6.19. The van der Waals surface area contributed by atoms with Crippen molar-refractivity contribution in [3.05, 3.63) is 49.0 Å². The quantitative estimate of drug-likeness (QED) is 0.490. The molecule has 0 radical (unpaired) electrons. The van der Waals surface area contributed by atoms with Gasteiger partial charge in [-0.05, 0) is 22.8 Å². The minimum Gasteiger partial charge on any atom is -0.493 e. The molecule has 8 nitrogen and oxygen atoms in total. The maximum Gasteiger partial charge on any atom is 0.448 e. The van der Waals surface area contributed by atoms with Gasteiger partial charge in [0.2, 0.25) is 0 Å². The molecule has 0 aliphatic heterocycles. The summed E-state index contributed by atoms with van der Waals surface area (Å²) in [6.07, 6.45) is -0.929. The van der Waals surface area contributed by atoms with Gasteiger partial charge in [-0.3, -0.25) is 4.79 Å². The first-order chi connectivity index (χ1) is 13.6. The van der Waals surface area contributed by atoms with Gasteiger partial charge in [0, 0.05) is 11.6 Å². The number of oxazole rings is 1. The van der Waals surface area contributed by atoms with Gasteiger partial charge in [-0.2, -0.15) is 18.2 Å². The van der Waals surface area contributed by atoms with E-state index in [-0.39, 0.29) is 12.4 Å². The van der Waals surface area contributed by atoms with Gasteiger partial charge < -0.3 is 20.0 Å². The average molecular weight is 411 g/mol. The largest absolute Gasteiger partial charge is 0.493 e. The minimum atomic E-state index is -4.41. The van der Waals surface area contributed by atoms with Crippen molar-refractivity contribution in [1.29, 1.82) is 0 Å². The van der Waals surface area contributed by atoms with Crippen molar-refractivity contribution in [3.63, 3.8) is 0 Å². The van der Waals surface area contributed by atoms with E-state index < -0.39 is 17.9 Å². The van der Waals surface area contributed by atoms with Crippen molar-refractivity contribution in [1.82, 2.24) is 10.1 Å². The molecule has 2 aromatic heterocycles. The maximum absolute atomic E-state index is 11.2. The number of carboxylic acids is 1. The predicted molar refractivity (Wildman–Crippen MR) is 96.3 cm³/mol. The molecule has 0 unspecified atom stereocenters. The Morgan fingerprint density at radius 3 is 2.59 bits per heavy atom. The van der Waals surface area contributed by atoms with Crippen LogP contribution >= 0.6 is 0 Å². The van der Waals surface area contributed by atoms with E-state index in [0.717, 1.165) is 18.2 Å². The highest BCUT2D eigenvalue weighted by Crippen LogP contribution is 2.24. The lowest BCUT2D eigenvalue weighted by Gasteiger charge is -2.06. The van der Waals surface area contributed by atoms with Crippen molar-refractivity contribution in [3.8, 4) is 11.1 Å². The molecule has 3 aromatic rings. The molecule has 3 rings (SSSR count). The Hall–Kier alpha value is -3.63. The number of carboxylic acid groups (broad SMARTS) is 1. The Balaban J connectivity index is 0.000000321. The summed E-state index contributed by atoms with van der Waals surface area (Å²) >= 11 is 0. The van der Waals surface area contributed by atoms with Gasteiger partial charge in [-0.25, -0.2) is 0 Å². The number of ether oxygens (including phenoxy) is 1. The Labute approximate surface area is 163 Å². The number of nitrogen functional groups attached to an aromatic ring is 1. The molecule has 0 saturated carbocycles. The van der Waals surface area contributed by atoms with Gasteiger partial charge in [0.25, 0.3) is 6.01 Å². The van der Waals surface area contributed by atoms with Crippen LogP contribution in [0.5, 0.6) is 0 Å². The lowest BCUT2D eigenvalue weighted by molar-refractivity contribution is -0.752. The van der Waals surface area contributed by atoms with Crippen LogP contribution in [0, 0.1) is 0 Å². The van der Waals surface area contributed by atoms with Crippen molar-refractivity contribution < 1.29 is 36.9 Å². The number of hydrogen-bond donors (Lipinski definition) is 2. The summed E-state index contributed by atoms with van der Waals surface area (Å²) in [6, 6.07) is 7.58. The number of fused-ring (bicyclic) bond motifs is 1. The molecule has 11 heteroatoms. The molecule has 0 amide bonds. The second kappa shape index (κ2) is 9.04. The van der Waals surface area contributed by atoms with E-state index in [1.807, 2.05) is 18.2 Å². The number of nitrogens with two attached hydrogens (primary N) is 1. The first kappa shape index (κ1) is 21.7. The van der Waals surface area contributed by atoms with Crippen LogP contribution in [0.1, 0.15) is 6.42 Å². The third-order valence-electron chi connectivity index (χ3n) is 3.63. The topological polar surface area (TPSA) is 115 Å². The molecule has 29 heavy (non-hydrogen) atoms. The summed E-state index contributed by atoms with van der Waals surface area (Å²) in [5.74, 6) is -2.01. The van der Waals surface area contributed by atoms with Crippen molar-refractivity contribution in [2.75, 3.05) is 12.8 Å². The molecule has 0 spiro atoms. The number of aromatic nitrogens is 3. The third-order valence-corrected chi connectivity index (χ3v) is 3.63. The lowest BCUT2D eigenvalue weighted by Crippen LogP contribution is -2.38. The zero-order valence-corrected chi connectivity index (χ0v) is 15.3. The van der Waals surface area contributed by atoms with Gasteiger partial charge in [-0.15, -0.1) is 0 Å². The van der Waals surface area contributed by atoms with Crippen LogP contribution in [0.15, 0.2) is 53.4 Å². The van der Waals surface area contributed by atoms with E-state index in [0.29, 0.717) is 17.6 Å². The molecule has 3 N–H and O–H groups in total. The Morgan fingerprint density at radius 2 is 2.07 bits per heavy atom. The molecular formula is C18H18F3N4O4+. The van der Waals surface area contributed by atoms with E-state index >= 15 is 0 Å². The minimum absolute atomic E-state index is 0.0428. The van der Waals surface area contributed by atoms with Crippen LogP contribution < -0.4 is 10.4 Å². The Bertz CT molecular complexity index is 1000. The van der Waals surface area contributed by atoms with Crippen molar-refractivity contribution in [2.24, 2.45) is 0 Å². The number of nitrogens with zero attached hydrogens (tertiary/aromatic N) is 3. The Morgan fingerprint density at radius 1 is 1.34 bits per heavy atom. The first-order valence-electron chi connectivity index (χ1n) is 8.14. The highest BCUT2D eigenvalue weighted by molar-refractivity contribution is 5.81. The van der Waals surface area contributed by atoms with Gasteiger partial charge >= 0.3 is 12.1 Å². The maximum atomic E-state index is 11.2. The predicted octanol–water partition coefficient (Wildman–Crippen LogP) is 2.94. The number of halogens is 3. The highest BCUT2D eigenvalue weighted by Gasteiger charge is 2.33. The van der Waals surface area contributed by atoms with Gasteiger partial charge in [0.05, 0.1) is 7.11 Å². The summed E-state index contributed by atoms with van der Waals surface area (Å²) in [4.78, 5) is 14.6. The van der Waals surface area contributed by atoms with Crippen LogP contribution in [0.25, 0.3) is 22.2 Å². The van der Waals surface area contributed by atoms with E-state index in [1.54, 1.807) is 23.1 Å². The molecule has 0 aliphatic carbocycles. The van der Waals surface area contributed by atoms with Gasteiger partial charge in [0.15, 0.2) is 24.1 Å². The van der Waals surface area contributed by atoms with Crippen LogP contribution in [0.2, 0.25) is 0 Å². The lowest BCUT2D eigenvalue weighted by atomic mass is 10.1. The van der Waals surface area contributed by atoms with Crippen LogP contribution in [0.3, 0.4) is 0 Å². The number of rotatable bonds is 5. The zero-order valence-electron chi connectivity index (χ0n) is 15.3. The number of alkyl halides is 3. The molecule has 154 valence electrons. The van der Waals surface area contributed by atoms with Gasteiger partial charge in [0.1, 0.15) is 18.1 Å². The summed E-state index contributed by atoms with van der Waals surface area (Å²) in [5, 5.41) is 12.8. The normalized spacial score (nSPS) is 10.9. The van der Waals surface area contributed by atoms with Crippen molar-refractivity contribution in [2.45, 2.75) is 19.1 Å². The van der Waals surface area contributed by atoms with Crippen LogP contribution in [0.4, 0.5) is 19.2 Å². The summed E-state index contributed by atoms with van der Waals surface area (Å²) in [6.45, 7) is 2.94. The second-order valence-corrected chi connectivity index (χ2v) is 5.68. The van der Waals surface area contributed by atoms with Crippen LogP contribution in [-0.2, 0) is 16.1 Å². The van der Waals surface area contributed by atoms with E-state index in [4.69, 9.17) is 15.3 Å². The smallest absolute Gasteiger partial charge is 0.448 e. The fourth-order valence-corrected chi connectivity index (χ4v) is 2.14. The number of aliphatic carboxylic acids is 1. The summed E-state index contributed by atoms with van der Waals surface area (Å²) in [7, 11) is 0.926. The fourth-order valence-electron chi connectivity index (χ4n) is 2.14. The molecule has 0 aliphatic rings. The van der Waals surface area contributed by atoms with E-state index in [1.165, 1.54) is 0 Å². The molecule has 0 bridgehead atoms. The molecule has 0 atom stereocenters. The highest BCUT2D eigenvalue weighted by atomic mass is 19.4. The molecule has 1 aromatic carbocycles. The Kier molecular flexibility index (Phi) is 6.75. The standard InChI is InChI=1S/C14H12N4O3.C4H5F3O/c15-14-17-11-7-9(1-2-12(11)21-14)10-3-5-18(16-8-10)6-4-13(19)20;1-3(8-2)4(5,6)7/h1-3,5,7-8H,4,6H2,(H2-,15,17,19,20);1H2,2H3/p+1. The number of allylic oxidation sites excluding steroid dienone is 1. The summed E-state index contributed by atoms with van der Waals surface area (Å²) < 4.78 is 44.3. The summed E-state index contributed by atoms with van der Waals surface area (Å²) in [5.41, 5.74) is 8.68. The van der Waals surface area contributed by atoms with E-state index in [2.05, 4.69) is 21.4 Å². The monoisotopic (exact) mass is 411 g/mol. The molecular weight excluding hydrogens is 393 g/mol. The molecule has 0 fully saturated rings. The number of benzene rings is 1. The average Bonchev–Trinajstić information content (AvgIpc) is 3.05. The SMILES string of the molecule is C=C(OC)C(F)(F)F.Nc1nc2cc(-c3cc[n+](CCC(=O)O)nc3)ccc2o1. The number of carbonyl (C=O) groups is 1. The van der Waals surface area contributed by atoms with E-state index in [9.17, 15) is 18.0 Å². The molecule has 0 saturated heterocycles. The number of hydrogen-bond acceptors (Lipinski definition) is 6. The van der Waals surface area contributed by atoms with Crippen molar-refractivity contribution >= 4 is 23.1 Å². The second-order valence-electron chi connectivity index (χ2n) is 5.68. The van der Waals surface area contributed by atoms with Gasteiger partial charge in [-0.1, -0.05) is 17.3 Å². The zero-order chi connectivity index (χ0) is 21.6. The first-order valence-corrected chi connectivity index (χ1v) is 8.14. The number of aryl methyl sites for hydroxylation is 1.